The van der Waals surface area contributed by atoms with Gasteiger partial charge in [-0.05, 0) is 24.3 Å². The van der Waals surface area contributed by atoms with Crippen molar-refractivity contribution in [3.05, 3.63) is 76.3 Å². The molecule has 1 saturated heterocycles. The van der Waals surface area contributed by atoms with E-state index in [1.54, 1.807) is 6.07 Å². The molecule has 2 heterocycles. The second-order valence-corrected chi connectivity index (χ2v) is 10.0. The standard InChI is InChI=1S/C23H21N3O6S/c27-20-14-18-17-5-1-3-7-21(17)32-22(18)13-16(20)15-24-9-11-25(12-10-24)33(30,31)23-8-4-2-6-19(23)26(28)29/h1-8,13-14,27H,9-12,15H2/p+1. The third-order valence-electron chi connectivity index (χ3n) is 6.13. The van der Waals surface area contributed by atoms with Crippen molar-refractivity contribution in [1.82, 2.24) is 4.31 Å². The van der Waals surface area contributed by atoms with Crippen LogP contribution < -0.4 is 4.90 Å². The summed E-state index contributed by atoms with van der Waals surface area (Å²) < 4.78 is 33.3. The SMILES string of the molecule is O=[N+]([O-])c1ccccc1S(=O)(=O)N1CC[NH+](Cc2cc3oc4ccccc4c3cc2O)CC1. The molecule has 0 saturated carbocycles. The molecule has 0 unspecified atom stereocenters. The number of nitrogens with one attached hydrogen (secondary N) is 1. The van der Waals surface area contributed by atoms with E-state index in [1.165, 1.54) is 28.6 Å². The lowest BCUT2D eigenvalue weighted by Gasteiger charge is -2.31. The van der Waals surface area contributed by atoms with E-state index in [1.807, 2.05) is 30.3 Å². The fraction of sp³-hybridized carbons (Fsp3) is 0.217. The molecular weight excluding hydrogens is 446 g/mol. The van der Waals surface area contributed by atoms with Crippen LogP contribution >= 0.6 is 0 Å². The molecule has 1 aliphatic heterocycles. The fourth-order valence-electron chi connectivity index (χ4n) is 4.40. The zero-order valence-corrected chi connectivity index (χ0v) is 18.4. The molecule has 10 heteroatoms. The minimum absolute atomic E-state index is 0.177. The van der Waals surface area contributed by atoms with E-state index in [0.29, 0.717) is 25.2 Å². The van der Waals surface area contributed by atoms with Gasteiger partial charge in [0, 0.05) is 16.8 Å². The third-order valence-corrected chi connectivity index (χ3v) is 8.07. The summed E-state index contributed by atoms with van der Waals surface area (Å²) in [5, 5.41) is 23.7. The highest BCUT2D eigenvalue weighted by Gasteiger charge is 2.35. The van der Waals surface area contributed by atoms with Gasteiger partial charge < -0.3 is 14.4 Å². The fourth-order valence-corrected chi connectivity index (χ4v) is 6.00. The van der Waals surface area contributed by atoms with Gasteiger partial charge in [-0.15, -0.1) is 0 Å². The van der Waals surface area contributed by atoms with Gasteiger partial charge in [-0.3, -0.25) is 10.1 Å². The maximum atomic E-state index is 13.0. The molecule has 0 atom stereocenters. The Morgan fingerprint density at radius 1 is 1.00 bits per heavy atom. The van der Waals surface area contributed by atoms with Crippen LogP contribution in [-0.4, -0.2) is 48.9 Å². The molecule has 2 N–H and O–H groups in total. The lowest BCUT2D eigenvalue weighted by Crippen LogP contribution is -3.13. The van der Waals surface area contributed by atoms with Crippen LogP contribution in [-0.2, 0) is 16.6 Å². The Hall–Kier alpha value is -3.47. The number of fused-ring (bicyclic) bond motifs is 3. The monoisotopic (exact) mass is 468 g/mol. The number of quaternary nitrogens is 1. The molecule has 9 nitrogen and oxygen atoms in total. The number of para-hydroxylation sites is 2. The van der Waals surface area contributed by atoms with Crippen LogP contribution in [0.2, 0.25) is 0 Å². The Morgan fingerprint density at radius 3 is 2.45 bits per heavy atom. The van der Waals surface area contributed by atoms with Crippen LogP contribution in [0.5, 0.6) is 5.75 Å². The number of phenolic OH excluding ortho intramolecular Hbond substituents is 1. The number of phenols is 1. The number of nitrogens with zero attached hydrogens (tertiary/aromatic N) is 2. The first-order chi connectivity index (χ1) is 15.8. The number of rotatable bonds is 5. The van der Waals surface area contributed by atoms with E-state index in [0.717, 1.165) is 26.8 Å². The van der Waals surface area contributed by atoms with Crippen molar-refractivity contribution in [2.75, 3.05) is 26.2 Å². The number of benzene rings is 3. The molecule has 3 aromatic carbocycles. The van der Waals surface area contributed by atoms with Crippen LogP contribution in [0.3, 0.4) is 0 Å². The van der Waals surface area contributed by atoms with E-state index >= 15 is 0 Å². The van der Waals surface area contributed by atoms with Gasteiger partial charge in [-0.2, -0.15) is 4.31 Å². The van der Waals surface area contributed by atoms with Crippen LogP contribution in [0.15, 0.2) is 70.0 Å². The molecule has 0 amide bonds. The number of nitro benzene ring substituents is 1. The highest BCUT2D eigenvalue weighted by molar-refractivity contribution is 7.89. The van der Waals surface area contributed by atoms with E-state index in [4.69, 9.17) is 4.42 Å². The Balaban J connectivity index is 1.33. The summed E-state index contributed by atoms with van der Waals surface area (Å²) in [5.41, 5.74) is 1.76. The van der Waals surface area contributed by atoms with Crippen LogP contribution in [0.1, 0.15) is 5.56 Å². The lowest BCUT2D eigenvalue weighted by atomic mass is 10.1. The second-order valence-electron chi connectivity index (χ2n) is 8.13. The first-order valence-corrected chi connectivity index (χ1v) is 12.0. The number of hydrogen-bond acceptors (Lipinski definition) is 6. The van der Waals surface area contributed by atoms with Gasteiger partial charge in [0.15, 0.2) is 4.90 Å². The normalized spacial score (nSPS) is 15.9. The molecule has 0 aliphatic carbocycles. The van der Waals surface area contributed by atoms with Crippen molar-refractivity contribution >= 4 is 37.6 Å². The highest BCUT2D eigenvalue weighted by Crippen LogP contribution is 2.33. The van der Waals surface area contributed by atoms with Crippen molar-refractivity contribution < 1.29 is 27.8 Å². The first kappa shape index (κ1) is 21.4. The second kappa shape index (κ2) is 8.14. The summed E-state index contributed by atoms with van der Waals surface area (Å²) in [6.07, 6.45) is 0. The molecule has 33 heavy (non-hydrogen) atoms. The summed E-state index contributed by atoms with van der Waals surface area (Å²) in [5.74, 6) is 0.177. The van der Waals surface area contributed by atoms with Crippen LogP contribution in [0.25, 0.3) is 21.9 Å². The number of furan rings is 1. The minimum Gasteiger partial charge on any atom is -0.507 e. The zero-order valence-electron chi connectivity index (χ0n) is 17.6. The van der Waals surface area contributed by atoms with Gasteiger partial charge in [0.2, 0.25) is 10.0 Å². The Kier molecular flexibility index (Phi) is 5.28. The van der Waals surface area contributed by atoms with Gasteiger partial charge in [0.25, 0.3) is 5.69 Å². The topological polar surface area (TPSA) is 118 Å². The number of sulfonamides is 1. The summed E-state index contributed by atoms with van der Waals surface area (Å²) in [7, 11) is -3.97. The molecule has 170 valence electrons. The van der Waals surface area contributed by atoms with Crippen molar-refractivity contribution in [1.29, 1.82) is 0 Å². The van der Waals surface area contributed by atoms with Crippen molar-refractivity contribution in [3.63, 3.8) is 0 Å². The average Bonchev–Trinajstić information content (AvgIpc) is 3.17. The number of aromatic hydroxyl groups is 1. The maximum absolute atomic E-state index is 13.0. The third kappa shape index (κ3) is 3.82. The first-order valence-electron chi connectivity index (χ1n) is 10.5. The van der Waals surface area contributed by atoms with Gasteiger partial charge in [0.1, 0.15) is 23.5 Å². The van der Waals surface area contributed by atoms with Crippen LogP contribution in [0, 0.1) is 10.1 Å². The Bertz CT molecular complexity index is 1470. The molecule has 0 radical (unpaired) electrons. The predicted molar refractivity (Wildman–Crippen MR) is 122 cm³/mol. The summed E-state index contributed by atoms with van der Waals surface area (Å²) in [4.78, 5) is 11.4. The Morgan fingerprint density at radius 2 is 1.70 bits per heavy atom. The summed E-state index contributed by atoms with van der Waals surface area (Å²) in [6.45, 7) is 2.00. The van der Waals surface area contributed by atoms with Gasteiger partial charge in [0.05, 0.1) is 36.7 Å². The number of piperazine rings is 1. The molecule has 1 aliphatic rings. The smallest absolute Gasteiger partial charge is 0.289 e. The molecular formula is C23H22N3O6S+. The zero-order chi connectivity index (χ0) is 23.2. The van der Waals surface area contributed by atoms with Crippen molar-refractivity contribution in [2.45, 2.75) is 11.4 Å². The van der Waals surface area contributed by atoms with Crippen LogP contribution in [0.4, 0.5) is 5.69 Å². The molecule has 4 aromatic rings. The largest absolute Gasteiger partial charge is 0.507 e. The number of hydrogen-bond donors (Lipinski definition) is 2. The highest BCUT2D eigenvalue weighted by atomic mass is 32.2. The van der Waals surface area contributed by atoms with E-state index in [-0.39, 0.29) is 23.7 Å². The Labute approximate surface area is 189 Å². The number of nitro groups is 1. The minimum atomic E-state index is -3.97. The molecule has 0 spiro atoms. The molecule has 0 bridgehead atoms. The average molecular weight is 469 g/mol. The maximum Gasteiger partial charge on any atom is 0.289 e. The van der Waals surface area contributed by atoms with Crippen molar-refractivity contribution in [2.24, 2.45) is 0 Å². The van der Waals surface area contributed by atoms with Gasteiger partial charge >= 0.3 is 0 Å². The summed E-state index contributed by atoms with van der Waals surface area (Å²) in [6, 6.07) is 16.6. The van der Waals surface area contributed by atoms with E-state index in [2.05, 4.69) is 0 Å². The van der Waals surface area contributed by atoms with E-state index in [9.17, 15) is 23.6 Å². The van der Waals surface area contributed by atoms with Gasteiger partial charge in [-0.1, -0.05) is 30.3 Å². The quantitative estimate of drug-likeness (QED) is 0.343. The van der Waals surface area contributed by atoms with Gasteiger partial charge in [-0.25, -0.2) is 8.42 Å². The molecule has 1 aromatic heterocycles. The molecule has 1 fully saturated rings. The predicted octanol–water partition coefficient (Wildman–Crippen LogP) is 2.29. The molecule has 5 rings (SSSR count). The van der Waals surface area contributed by atoms with E-state index < -0.39 is 20.6 Å². The lowest BCUT2D eigenvalue weighted by molar-refractivity contribution is -0.917. The summed E-state index contributed by atoms with van der Waals surface area (Å²) >= 11 is 0. The van der Waals surface area contributed by atoms with Crippen molar-refractivity contribution in [3.8, 4) is 5.75 Å².